The molecule has 3 aromatic rings. The summed E-state index contributed by atoms with van der Waals surface area (Å²) < 4.78 is 19.3. The van der Waals surface area contributed by atoms with Crippen LogP contribution >= 0.6 is 0 Å². The average molecular weight is 299 g/mol. The van der Waals surface area contributed by atoms with Crippen LogP contribution in [-0.2, 0) is 6.54 Å². The molecule has 1 amide bonds. The van der Waals surface area contributed by atoms with Crippen molar-refractivity contribution in [2.24, 2.45) is 5.73 Å². The molecule has 4 nitrogen and oxygen atoms in total. The van der Waals surface area contributed by atoms with Crippen LogP contribution in [0.1, 0.15) is 15.9 Å². The Kier molecular flexibility index (Phi) is 3.65. The molecule has 112 valence electrons. The molecule has 1 heterocycles. The van der Waals surface area contributed by atoms with Crippen molar-refractivity contribution in [2.45, 2.75) is 6.54 Å². The van der Waals surface area contributed by atoms with Crippen molar-refractivity contribution in [3.05, 3.63) is 59.4 Å². The molecule has 0 aliphatic rings. The van der Waals surface area contributed by atoms with E-state index in [1.54, 1.807) is 6.07 Å². The van der Waals surface area contributed by atoms with Crippen LogP contribution in [0.3, 0.4) is 0 Å². The first kappa shape index (κ1) is 14.3. The highest BCUT2D eigenvalue weighted by atomic mass is 19.1. The van der Waals surface area contributed by atoms with Crippen LogP contribution in [0.5, 0.6) is 0 Å². The zero-order valence-electron chi connectivity index (χ0n) is 12.0. The van der Waals surface area contributed by atoms with Crippen LogP contribution in [0.2, 0.25) is 0 Å². The van der Waals surface area contributed by atoms with Crippen LogP contribution in [0.25, 0.3) is 22.3 Å². The van der Waals surface area contributed by atoms with E-state index in [4.69, 9.17) is 10.2 Å². The normalized spacial score (nSPS) is 11.0. The summed E-state index contributed by atoms with van der Waals surface area (Å²) in [6.45, 7) is 0.775. The van der Waals surface area contributed by atoms with Gasteiger partial charge in [-0.3, -0.25) is 4.79 Å². The maximum atomic E-state index is 13.6. The average Bonchev–Trinajstić information content (AvgIpc) is 2.91. The Morgan fingerprint density at radius 2 is 1.95 bits per heavy atom. The zero-order chi connectivity index (χ0) is 15.7. The number of carbonyl (C=O) groups excluding carboxylic acids is 1. The van der Waals surface area contributed by atoms with Crippen LogP contribution in [0.4, 0.5) is 4.39 Å². The highest BCUT2D eigenvalue weighted by Gasteiger charge is 2.15. The Bertz CT molecular complexity index is 838. The number of hydrogen-bond acceptors (Lipinski definition) is 3. The summed E-state index contributed by atoms with van der Waals surface area (Å²) in [5, 5.41) is 3.59. The largest absolute Gasteiger partial charge is 0.455 e. The number of amides is 1. The van der Waals surface area contributed by atoms with Gasteiger partial charge in [-0.2, -0.15) is 0 Å². The van der Waals surface area contributed by atoms with Gasteiger partial charge < -0.3 is 15.5 Å². The standard InChI is InChI=1S/C17H15FN2O2/c1-20-9-10-2-4-11(5-3-10)15-7-12-6-13(18)8-14(17(19)21)16(12)22-15/h2-8,20H,9H2,1H3,(H2,19,21)/i17+1. The van der Waals surface area contributed by atoms with Crippen LogP contribution in [-0.4, -0.2) is 13.0 Å². The number of nitrogens with one attached hydrogen (secondary N) is 1. The number of rotatable bonds is 4. The third-order valence-electron chi connectivity index (χ3n) is 3.47. The van der Waals surface area contributed by atoms with E-state index in [-0.39, 0.29) is 5.56 Å². The predicted molar refractivity (Wildman–Crippen MR) is 82.9 cm³/mol. The SMILES string of the molecule is CNCc1ccc(-c2cc3cc(F)cc([13C](N)=O)c3o2)cc1. The molecule has 0 saturated carbocycles. The first-order chi connectivity index (χ1) is 10.6. The molecule has 5 heteroatoms. The second-order valence-corrected chi connectivity index (χ2v) is 5.07. The van der Waals surface area contributed by atoms with Gasteiger partial charge in [-0.1, -0.05) is 24.3 Å². The fourth-order valence-electron chi connectivity index (χ4n) is 2.43. The molecule has 0 radical (unpaired) electrons. The Balaban J connectivity index is 2.08. The van der Waals surface area contributed by atoms with Gasteiger partial charge in [0.2, 0.25) is 0 Å². The van der Waals surface area contributed by atoms with Crippen LogP contribution in [0.15, 0.2) is 46.9 Å². The maximum Gasteiger partial charge on any atom is 0.252 e. The van der Waals surface area contributed by atoms with Gasteiger partial charge in [0.1, 0.15) is 17.2 Å². The number of fused-ring (bicyclic) bond motifs is 1. The lowest BCUT2D eigenvalue weighted by Crippen LogP contribution is -2.11. The summed E-state index contributed by atoms with van der Waals surface area (Å²) in [6, 6.07) is 11.9. The molecule has 0 saturated heterocycles. The Labute approximate surface area is 126 Å². The van der Waals surface area contributed by atoms with E-state index in [1.807, 2.05) is 31.3 Å². The second-order valence-electron chi connectivity index (χ2n) is 5.07. The molecule has 0 aliphatic heterocycles. The van der Waals surface area contributed by atoms with Crippen molar-refractivity contribution in [3.8, 4) is 11.3 Å². The van der Waals surface area contributed by atoms with Gasteiger partial charge in [0.25, 0.3) is 5.91 Å². The van der Waals surface area contributed by atoms with Gasteiger partial charge in [-0.15, -0.1) is 0 Å². The molecule has 2 aromatic carbocycles. The van der Waals surface area contributed by atoms with E-state index in [2.05, 4.69) is 5.32 Å². The van der Waals surface area contributed by atoms with Crippen LogP contribution in [0, 0.1) is 5.82 Å². The van der Waals surface area contributed by atoms with E-state index < -0.39 is 11.7 Å². The van der Waals surface area contributed by atoms with Gasteiger partial charge in [0, 0.05) is 17.5 Å². The first-order valence-electron chi connectivity index (χ1n) is 6.85. The molecule has 0 spiro atoms. The predicted octanol–water partition coefficient (Wildman–Crippen LogP) is 3.06. The zero-order valence-corrected chi connectivity index (χ0v) is 12.0. The quantitative estimate of drug-likeness (QED) is 0.728. The third-order valence-corrected chi connectivity index (χ3v) is 3.47. The summed E-state index contributed by atoms with van der Waals surface area (Å²) in [5.41, 5.74) is 7.63. The highest BCUT2D eigenvalue weighted by Crippen LogP contribution is 2.30. The lowest BCUT2D eigenvalue weighted by atomic mass is 10.1. The fraction of sp³-hybridized carbons (Fsp3) is 0.118. The fourth-order valence-corrected chi connectivity index (χ4v) is 2.43. The topological polar surface area (TPSA) is 68.3 Å². The second kappa shape index (κ2) is 5.61. The van der Waals surface area contributed by atoms with Crippen molar-refractivity contribution < 1.29 is 13.6 Å². The summed E-state index contributed by atoms with van der Waals surface area (Å²) in [7, 11) is 1.88. The molecule has 3 N–H and O–H groups in total. The Morgan fingerprint density at radius 3 is 2.59 bits per heavy atom. The Morgan fingerprint density at radius 1 is 1.23 bits per heavy atom. The minimum absolute atomic E-state index is 0.0491. The van der Waals surface area contributed by atoms with Crippen molar-refractivity contribution in [1.82, 2.24) is 5.32 Å². The number of hydrogen-bond donors (Lipinski definition) is 2. The smallest absolute Gasteiger partial charge is 0.252 e. The van der Waals surface area contributed by atoms with Gasteiger partial charge in [0.15, 0.2) is 0 Å². The molecule has 0 aliphatic carbocycles. The third kappa shape index (κ3) is 2.58. The van der Waals surface area contributed by atoms with Gasteiger partial charge in [-0.05, 0) is 30.8 Å². The molecule has 0 unspecified atom stereocenters. The molecular formula is C17H15FN2O2. The molecule has 3 rings (SSSR count). The highest BCUT2D eigenvalue weighted by molar-refractivity contribution is 6.04. The van der Waals surface area contributed by atoms with E-state index >= 15 is 0 Å². The molecule has 22 heavy (non-hydrogen) atoms. The first-order valence-corrected chi connectivity index (χ1v) is 6.85. The molecule has 0 bridgehead atoms. The summed E-state index contributed by atoms with van der Waals surface area (Å²) in [4.78, 5) is 11.4. The van der Waals surface area contributed by atoms with E-state index in [9.17, 15) is 9.18 Å². The summed E-state index contributed by atoms with van der Waals surface area (Å²) in [6.07, 6.45) is 0. The number of halogens is 1. The van der Waals surface area contributed by atoms with Crippen molar-refractivity contribution in [3.63, 3.8) is 0 Å². The molecular weight excluding hydrogens is 284 g/mol. The number of furan rings is 1. The van der Waals surface area contributed by atoms with Crippen molar-refractivity contribution in [2.75, 3.05) is 7.05 Å². The lowest BCUT2D eigenvalue weighted by molar-refractivity contribution is 0.100. The summed E-state index contributed by atoms with van der Waals surface area (Å²) in [5.74, 6) is -0.660. The number of nitrogens with two attached hydrogens (primary N) is 1. The molecule has 0 atom stereocenters. The number of benzene rings is 2. The number of carbonyl (C=O) groups is 1. The molecule has 1 aromatic heterocycles. The van der Waals surface area contributed by atoms with Crippen molar-refractivity contribution in [1.29, 1.82) is 0 Å². The van der Waals surface area contributed by atoms with E-state index in [1.165, 1.54) is 6.07 Å². The summed E-state index contributed by atoms with van der Waals surface area (Å²) >= 11 is 0. The van der Waals surface area contributed by atoms with Gasteiger partial charge in [-0.25, -0.2) is 4.39 Å². The minimum Gasteiger partial charge on any atom is -0.455 e. The number of primary amides is 1. The minimum atomic E-state index is -0.713. The van der Waals surface area contributed by atoms with E-state index in [0.29, 0.717) is 16.7 Å². The lowest BCUT2D eigenvalue weighted by Gasteiger charge is -2.01. The Hall–Kier alpha value is -2.66. The van der Waals surface area contributed by atoms with E-state index in [0.717, 1.165) is 23.7 Å². The van der Waals surface area contributed by atoms with Crippen LogP contribution < -0.4 is 11.1 Å². The van der Waals surface area contributed by atoms with Gasteiger partial charge in [0.05, 0.1) is 5.56 Å². The monoisotopic (exact) mass is 299 g/mol. The molecule has 0 fully saturated rings. The maximum absolute atomic E-state index is 13.6. The van der Waals surface area contributed by atoms with Crippen molar-refractivity contribution >= 4 is 16.9 Å². The van der Waals surface area contributed by atoms with Gasteiger partial charge >= 0.3 is 0 Å².